The fraction of sp³-hybridized carbons (Fsp3) is 0.467. The molecule has 0 spiro atoms. The lowest BCUT2D eigenvalue weighted by atomic mass is 9.93. The number of carbonyl (C=O) groups is 1. The first-order valence-corrected chi connectivity index (χ1v) is 7.18. The van der Waals surface area contributed by atoms with E-state index in [1.807, 2.05) is 20.8 Å². The topological polar surface area (TPSA) is 79.2 Å². The lowest BCUT2D eigenvalue weighted by molar-refractivity contribution is -0.113. The van der Waals surface area contributed by atoms with E-state index in [-0.39, 0.29) is 17.4 Å². The van der Waals surface area contributed by atoms with Gasteiger partial charge < -0.3 is 15.3 Å². The second-order valence-electron chi connectivity index (χ2n) is 6.89. The van der Waals surface area contributed by atoms with Gasteiger partial charge in [-0.1, -0.05) is 37.6 Å². The van der Waals surface area contributed by atoms with Crippen LogP contribution in [0.4, 0.5) is 5.82 Å². The molecule has 3 aliphatic rings. The highest BCUT2D eigenvalue weighted by Gasteiger charge is 2.48. The highest BCUT2D eigenvalue weighted by Crippen LogP contribution is 2.50. The monoisotopic (exact) mass is 286 g/mol. The van der Waals surface area contributed by atoms with Crippen LogP contribution in [0.25, 0.3) is 0 Å². The first-order chi connectivity index (χ1) is 9.93. The summed E-state index contributed by atoms with van der Waals surface area (Å²) in [5, 5.41) is 6.70. The van der Waals surface area contributed by atoms with Crippen molar-refractivity contribution in [3.63, 3.8) is 0 Å². The average molecular weight is 286 g/mol. The number of hydrogen-bond acceptors (Lipinski definition) is 5. The summed E-state index contributed by atoms with van der Waals surface area (Å²) in [5.74, 6) is 1.58. The molecule has 1 aliphatic heterocycles. The van der Waals surface area contributed by atoms with Crippen LogP contribution in [0.1, 0.15) is 33.0 Å². The van der Waals surface area contributed by atoms with Crippen LogP contribution in [0.2, 0.25) is 0 Å². The van der Waals surface area contributed by atoms with Gasteiger partial charge in [-0.3, -0.25) is 4.79 Å². The summed E-state index contributed by atoms with van der Waals surface area (Å²) in [6, 6.07) is 2.02. The van der Waals surface area contributed by atoms with Crippen LogP contribution in [-0.4, -0.2) is 17.1 Å². The van der Waals surface area contributed by atoms with Crippen molar-refractivity contribution in [1.82, 2.24) is 16.0 Å². The van der Waals surface area contributed by atoms with Gasteiger partial charge in [0.05, 0.1) is 6.04 Å². The molecular weight excluding hydrogens is 268 g/mol. The second-order valence-corrected chi connectivity index (χ2v) is 6.89. The Bertz CT molecular complexity index is 693. The smallest absolute Gasteiger partial charge is 0.274 e. The van der Waals surface area contributed by atoms with Crippen LogP contribution in [0.5, 0.6) is 0 Å². The molecule has 2 aliphatic carbocycles. The molecule has 1 fully saturated rings. The molecule has 4 rings (SSSR count). The molecular formula is C15H18N4O2. The van der Waals surface area contributed by atoms with Gasteiger partial charge in [0.2, 0.25) is 0 Å². The largest absolute Gasteiger partial charge is 0.359 e. The molecule has 1 saturated carbocycles. The first-order valence-electron chi connectivity index (χ1n) is 7.18. The molecule has 0 bridgehead atoms. The Morgan fingerprint density at radius 2 is 2.29 bits per heavy atom. The molecule has 2 unspecified atom stereocenters. The van der Waals surface area contributed by atoms with E-state index in [0.29, 0.717) is 17.4 Å². The van der Waals surface area contributed by atoms with E-state index >= 15 is 0 Å². The maximum Gasteiger partial charge on any atom is 0.274 e. The number of hydrogen-bond donors (Lipinski definition) is 3. The Morgan fingerprint density at radius 1 is 1.48 bits per heavy atom. The van der Waals surface area contributed by atoms with E-state index in [4.69, 9.17) is 4.52 Å². The number of nitrogens with one attached hydrogen (secondary N) is 3. The zero-order valence-electron chi connectivity index (χ0n) is 12.3. The van der Waals surface area contributed by atoms with Gasteiger partial charge in [0, 0.05) is 23.0 Å². The number of fused-ring (bicyclic) bond motifs is 3. The van der Waals surface area contributed by atoms with Gasteiger partial charge in [-0.25, -0.2) is 5.43 Å². The van der Waals surface area contributed by atoms with E-state index in [1.54, 1.807) is 6.07 Å². The number of hydrazine groups is 1. The van der Waals surface area contributed by atoms with Crippen LogP contribution in [-0.2, 0) is 10.2 Å². The van der Waals surface area contributed by atoms with Crippen molar-refractivity contribution < 1.29 is 9.32 Å². The predicted molar refractivity (Wildman–Crippen MR) is 77.1 cm³/mol. The number of amides is 1. The van der Waals surface area contributed by atoms with Gasteiger partial charge >= 0.3 is 0 Å². The Balaban J connectivity index is 1.53. The zero-order valence-corrected chi connectivity index (χ0v) is 12.3. The van der Waals surface area contributed by atoms with Gasteiger partial charge in [0.25, 0.3) is 5.91 Å². The van der Waals surface area contributed by atoms with E-state index < -0.39 is 0 Å². The zero-order chi connectivity index (χ0) is 14.8. The van der Waals surface area contributed by atoms with Crippen molar-refractivity contribution in [2.24, 2.45) is 5.92 Å². The van der Waals surface area contributed by atoms with Gasteiger partial charge in [-0.05, 0) is 6.42 Å². The predicted octanol–water partition coefficient (Wildman–Crippen LogP) is 1.60. The first kappa shape index (κ1) is 12.6. The summed E-state index contributed by atoms with van der Waals surface area (Å²) < 4.78 is 5.27. The third-order valence-corrected chi connectivity index (χ3v) is 4.21. The summed E-state index contributed by atoms with van der Waals surface area (Å²) >= 11 is 0. The molecule has 1 amide bonds. The van der Waals surface area contributed by atoms with Crippen LogP contribution in [0.3, 0.4) is 0 Å². The number of carbonyl (C=O) groups excluding carboxylic acids is 1. The summed E-state index contributed by atoms with van der Waals surface area (Å²) in [6.07, 6.45) is 3.27. The van der Waals surface area contributed by atoms with Crippen molar-refractivity contribution in [1.29, 1.82) is 0 Å². The maximum absolute atomic E-state index is 12.4. The normalized spacial score (nSPS) is 26.1. The minimum absolute atomic E-state index is 0.132. The molecule has 1 aromatic heterocycles. The van der Waals surface area contributed by atoms with Crippen molar-refractivity contribution in [2.45, 2.75) is 38.6 Å². The molecule has 21 heavy (non-hydrogen) atoms. The highest BCUT2D eigenvalue weighted by atomic mass is 16.5. The number of anilines is 1. The van der Waals surface area contributed by atoms with Crippen molar-refractivity contribution in [3.8, 4) is 0 Å². The lowest BCUT2D eigenvalue weighted by Crippen LogP contribution is -2.35. The van der Waals surface area contributed by atoms with Crippen LogP contribution in [0, 0.1) is 5.92 Å². The number of rotatable bonds is 2. The quantitative estimate of drug-likeness (QED) is 0.769. The molecule has 0 radical (unpaired) electrons. The Kier molecular flexibility index (Phi) is 2.39. The van der Waals surface area contributed by atoms with Gasteiger partial charge in [0.1, 0.15) is 11.5 Å². The fourth-order valence-electron chi connectivity index (χ4n) is 2.88. The molecule has 0 saturated heterocycles. The van der Waals surface area contributed by atoms with Crippen LogP contribution < -0.4 is 16.2 Å². The standard InChI is InChI=1S/C15H18N4O2/c1-15(2,3)10-6-11(19-21-10)16-14(20)13-9-5-7-4-8(7)12(9)17-18-13/h5-6,8,12,17-18H,4H2,1-3H3,(H,16,19,20). The van der Waals surface area contributed by atoms with Gasteiger partial charge in [0.15, 0.2) is 5.82 Å². The molecule has 6 nitrogen and oxygen atoms in total. The maximum atomic E-state index is 12.4. The Morgan fingerprint density at radius 3 is 3.00 bits per heavy atom. The molecule has 2 atom stereocenters. The van der Waals surface area contributed by atoms with Crippen molar-refractivity contribution >= 4 is 11.7 Å². The summed E-state index contributed by atoms with van der Waals surface area (Å²) in [5.41, 5.74) is 9.10. The minimum Gasteiger partial charge on any atom is -0.359 e. The third-order valence-electron chi connectivity index (χ3n) is 4.21. The number of aromatic nitrogens is 1. The lowest BCUT2D eigenvalue weighted by Gasteiger charge is -2.12. The third kappa shape index (κ3) is 1.98. The Hall–Kier alpha value is -2.08. The number of nitrogens with zero attached hydrogens (tertiary/aromatic N) is 1. The summed E-state index contributed by atoms with van der Waals surface area (Å²) in [4.78, 5) is 12.4. The van der Waals surface area contributed by atoms with E-state index in [0.717, 1.165) is 17.8 Å². The fourth-order valence-corrected chi connectivity index (χ4v) is 2.88. The van der Waals surface area contributed by atoms with E-state index in [2.05, 4.69) is 27.4 Å². The summed E-state index contributed by atoms with van der Waals surface area (Å²) in [6.45, 7) is 6.11. The molecule has 1 aromatic rings. The Labute approximate surface area is 122 Å². The minimum atomic E-state index is -0.188. The van der Waals surface area contributed by atoms with Crippen LogP contribution >= 0.6 is 0 Å². The highest BCUT2D eigenvalue weighted by molar-refractivity contribution is 6.04. The van der Waals surface area contributed by atoms with E-state index in [1.165, 1.54) is 5.57 Å². The molecule has 110 valence electrons. The van der Waals surface area contributed by atoms with E-state index in [9.17, 15) is 4.79 Å². The van der Waals surface area contributed by atoms with Crippen molar-refractivity contribution in [3.05, 3.63) is 34.7 Å². The molecule has 3 N–H and O–H groups in total. The molecule has 2 heterocycles. The van der Waals surface area contributed by atoms with Crippen molar-refractivity contribution in [2.75, 3.05) is 5.32 Å². The molecule has 0 aromatic carbocycles. The summed E-state index contributed by atoms with van der Waals surface area (Å²) in [7, 11) is 0. The molecule has 6 heteroatoms. The second kappa shape index (κ2) is 3.98. The van der Waals surface area contributed by atoms with Gasteiger partial charge in [-0.2, -0.15) is 0 Å². The average Bonchev–Trinajstić information content (AvgIpc) is 2.81. The SMILES string of the molecule is CC(C)(C)c1cc(NC(=O)C2=C3C=C4CC4C3NN2)no1. The van der Waals surface area contributed by atoms with Gasteiger partial charge in [-0.15, -0.1) is 0 Å². The van der Waals surface area contributed by atoms with Crippen LogP contribution in [0.15, 0.2) is 33.5 Å².